The van der Waals surface area contributed by atoms with Crippen LogP contribution in [0.4, 0.5) is 0 Å². The largest absolute Gasteiger partial charge is 0.360 e. The molecule has 1 heterocycles. The van der Waals surface area contributed by atoms with Crippen LogP contribution in [0.3, 0.4) is 0 Å². The highest BCUT2D eigenvalue weighted by Crippen LogP contribution is 2.49. The third kappa shape index (κ3) is 2.29. The Morgan fingerprint density at radius 2 is 2.14 bits per heavy atom. The lowest BCUT2D eigenvalue weighted by atomic mass is 9.84. The second-order valence-electron chi connectivity index (χ2n) is 7.24. The second kappa shape index (κ2) is 5.15. The van der Waals surface area contributed by atoms with E-state index in [-0.39, 0.29) is 11.9 Å². The van der Waals surface area contributed by atoms with E-state index >= 15 is 0 Å². The third-order valence-electron chi connectivity index (χ3n) is 5.96. The van der Waals surface area contributed by atoms with Crippen LogP contribution in [-0.4, -0.2) is 17.1 Å². The van der Waals surface area contributed by atoms with Gasteiger partial charge in [0.1, 0.15) is 5.76 Å². The molecule has 2 bridgehead atoms. The monoisotopic (exact) mass is 288 g/mol. The highest BCUT2D eigenvalue weighted by atomic mass is 16.5. The van der Waals surface area contributed by atoms with Crippen LogP contribution in [0, 0.1) is 17.8 Å². The summed E-state index contributed by atoms with van der Waals surface area (Å²) in [5, 5.41) is 7.24. The van der Waals surface area contributed by atoms with Crippen LogP contribution in [0.5, 0.6) is 0 Å². The average molecular weight is 288 g/mol. The quantitative estimate of drug-likeness (QED) is 0.929. The summed E-state index contributed by atoms with van der Waals surface area (Å²) >= 11 is 0. The van der Waals surface area contributed by atoms with Crippen molar-refractivity contribution in [2.75, 3.05) is 0 Å². The summed E-state index contributed by atoms with van der Waals surface area (Å²) in [7, 11) is 0. The number of aromatic nitrogens is 1. The molecule has 1 N–H and O–H groups in total. The molecule has 4 rings (SSSR count). The molecule has 0 unspecified atom stereocenters. The molecule has 3 aliphatic carbocycles. The lowest BCUT2D eigenvalue weighted by molar-refractivity contribution is 0.0905. The molecule has 0 aliphatic heterocycles. The molecular weight excluding hydrogens is 264 g/mol. The Labute approximate surface area is 125 Å². The molecular formula is C17H24N2O2. The number of hydrogen-bond donors (Lipinski definition) is 1. The molecule has 3 aliphatic rings. The number of nitrogens with one attached hydrogen (secondary N) is 1. The summed E-state index contributed by atoms with van der Waals surface area (Å²) in [6.45, 7) is 2.16. The zero-order valence-electron chi connectivity index (χ0n) is 12.7. The Morgan fingerprint density at radius 3 is 2.90 bits per heavy atom. The third-order valence-corrected chi connectivity index (χ3v) is 5.96. The molecule has 1 aromatic rings. The van der Waals surface area contributed by atoms with Crippen LogP contribution in [0.15, 0.2) is 4.52 Å². The topological polar surface area (TPSA) is 55.1 Å². The number of carbonyl (C=O) groups is 1. The van der Waals surface area contributed by atoms with E-state index in [0.29, 0.717) is 11.6 Å². The number of amides is 1. The summed E-state index contributed by atoms with van der Waals surface area (Å²) in [6.07, 6.45) is 9.57. The first-order valence-corrected chi connectivity index (χ1v) is 8.50. The van der Waals surface area contributed by atoms with Gasteiger partial charge in [0.25, 0.3) is 5.91 Å². The molecule has 114 valence electrons. The molecule has 1 aromatic heterocycles. The van der Waals surface area contributed by atoms with E-state index in [1.165, 1.54) is 25.7 Å². The number of carbonyl (C=O) groups excluding carboxylic acids is 1. The molecule has 0 aromatic carbocycles. The van der Waals surface area contributed by atoms with Gasteiger partial charge in [-0.1, -0.05) is 11.6 Å². The van der Waals surface area contributed by atoms with Gasteiger partial charge in [0.05, 0.1) is 0 Å². The van der Waals surface area contributed by atoms with Gasteiger partial charge in [-0.2, -0.15) is 0 Å². The van der Waals surface area contributed by atoms with Crippen LogP contribution in [0.1, 0.15) is 67.3 Å². The predicted octanol–water partition coefficient (Wildman–Crippen LogP) is 3.11. The van der Waals surface area contributed by atoms with E-state index in [1.54, 1.807) is 0 Å². The Balaban J connectivity index is 1.45. The van der Waals surface area contributed by atoms with Gasteiger partial charge in [0.15, 0.2) is 5.69 Å². The van der Waals surface area contributed by atoms with Gasteiger partial charge in [-0.25, -0.2) is 0 Å². The molecule has 2 fully saturated rings. The van der Waals surface area contributed by atoms with Gasteiger partial charge in [0.2, 0.25) is 0 Å². The Kier molecular flexibility index (Phi) is 3.27. The van der Waals surface area contributed by atoms with E-state index in [0.717, 1.165) is 48.8 Å². The van der Waals surface area contributed by atoms with Crippen LogP contribution < -0.4 is 5.32 Å². The van der Waals surface area contributed by atoms with Crippen molar-refractivity contribution >= 4 is 5.91 Å². The maximum atomic E-state index is 12.5. The van der Waals surface area contributed by atoms with Gasteiger partial charge in [-0.3, -0.25) is 4.79 Å². The molecule has 2 saturated carbocycles. The lowest BCUT2D eigenvalue weighted by Gasteiger charge is -2.28. The van der Waals surface area contributed by atoms with Crippen molar-refractivity contribution in [1.29, 1.82) is 0 Å². The van der Waals surface area contributed by atoms with Crippen molar-refractivity contribution in [1.82, 2.24) is 10.5 Å². The van der Waals surface area contributed by atoms with E-state index in [4.69, 9.17) is 4.52 Å². The highest BCUT2D eigenvalue weighted by Gasteiger charge is 2.42. The Bertz CT molecular complexity index is 551. The summed E-state index contributed by atoms with van der Waals surface area (Å²) in [5.41, 5.74) is 1.60. The van der Waals surface area contributed by atoms with Gasteiger partial charge in [-0.05, 0) is 63.2 Å². The maximum Gasteiger partial charge on any atom is 0.273 e. The molecule has 0 saturated heterocycles. The molecule has 21 heavy (non-hydrogen) atoms. The SMILES string of the molecule is C[C@@H](NC(=O)c1noc2c1CCCC2)[C@H]1C[C@H]2CC[C@H]1C2. The maximum absolute atomic E-state index is 12.5. The van der Waals surface area contributed by atoms with Gasteiger partial charge in [-0.15, -0.1) is 0 Å². The minimum absolute atomic E-state index is 0.0304. The van der Waals surface area contributed by atoms with Gasteiger partial charge >= 0.3 is 0 Å². The number of fused-ring (bicyclic) bond motifs is 3. The highest BCUT2D eigenvalue weighted by molar-refractivity contribution is 5.94. The van der Waals surface area contributed by atoms with Crippen molar-refractivity contribution in [2.45, 2.75) is 64.3 Å². The molecule has 0 spiro atoms. The molecule has 0 radical (unpaired) electrons. The summed E-state index contributed by atoms with van der Waals surface area (Å²) < 4.78 is 5.35. The summed E-state index contributed by atoms with van der Waals surface area (Å²) in [6, 6.07) is 0.253. The van der Waals surface area contributed by atoms with E-state index in [1.807, 2.05) is 0 Å². The fraction of sp³-hybridized carbons (Fsp3) is 0.765. The van der Waals surface area contributed by atoms with Crippen molar-refractivity contribution < 1.29 is 9.32 Å². The van der Waals surface area contributed by atoms with Crippen molar-refractivity contribution in [2.24, 2.45) is 17.8 Å². The first kappa shape index (κ1) is 13.4. The van der Waals surface area contributed by atoms with Crippen LogP contribution >= 0.6 is 0 Å². The zero-order valence-corrected chi connectivity index (χ0v) is 12.7. The van der Waals surface area contributed by atoms with Crippen LogP contribution in [0.2, 0.25) is 0 Å². The first-order valence-electron chi connectivity index (χ1n) is 8.50. The van der Waals surface area contributed by atoms with Gasteiger partial charge < -0.3 is 9.84 Å². The fourth-order valence-electron chi connectivity index (χ4n) is 4.85. The number of aryl methyl sites for hydroxylation is 1. The van der Waals surface area contributed by atoms with Crippen molar-refractivity contribution in [3.8, 4) is 0 Å². The summed E-state index contributed by atoms with van der Waals surface area (Å²) in [5.74, 6) is 3.31. The first-order chi connectivity index (χ1) is 10.2. The smallest absolute Gasteiger partial charge is 0.273 e. The van der Waals surface area contributed by atoms with Crippen LogP contribution in [0.25, 0.3) is 0 Å². The van der Waals surface area contributed by atoms with Crippen LogP contribution in [-0.2, 0) is 12.8 Å². The number of rotatable bonds is 3. The predicted molar refractivity (Wildman–Crippen MR) is 79.0 cm³/mol. The molecule has 1 amide bonds. The number of nitrogens with zero attached hydrogens (tertiary/aromatic N) is 1. The Hall–Kier alpha value is -1.32. The summed E-state index contributed by atoms with van der Waals surface area (Å²) in [4.78, 5) is 12.5. The minimum Gasteiger partial charge on any atom is -0.360 e. The standard InChI is InChI=1S/C17H24N2O2/c1-10(14-9-11-6-7-12(14)8-11)18-17(20)16-13-4-2-3-5-15(13)21-19-16/h10-12,14H,2-9H2,1H3,(H,18,20)/t10-,11+,12+,14-/m1/s1. The Morgan fingerprint density at radius 1 is 1.29 bits per heavy atom. The lowest BCUT2D eigenvalue weighted by Crippen LogP contribution is -2.40. The van der Waals surface area contributed by atoms with Gasteiger partial charge in [0, 0.05) is 18.0 Å². The molecule has 4 heteroatoms. The molecule has 4 nitrogen and oxygen atoms in total. The van der Waals surface area contributed by atoms with E-state index < -0.39 is 0 Å². The minimum atomic E-state index is -0.0304. The van der Waals surface area contributed by atoms with E-state index in [2.05, 4.69) is 17.4 Å². The van der Waals surface area contributed by atoms with E-state index in [9.17, 15) is 4.79 Å². The normalized spacial score (nSPS) is 32.0. The van der Waals surface area contributed by atoms with Crippen molar-refractivity contribution in [3.63, 3.8) is 0 Å². The zero-order chi connectivity index (χ0) is 14.4. The fourth-order valence-corrected chi connectivity index (χ4v) is 4.85. The van der Waals surface area contributed by atoms with Crippen molar-refractivity contribution in [3.05, 3.63) is 17.0 Å². The second-order valence-corrected chi connectivity index (χ2v) is 7.24. The number of hydrogen-bond acceptors (Lipinski definition) is 3. The average Bonchev–Trinajstić information content (AvgIpc) is 3.21. The molecule has 4 atom stereocenters.